The molecule has 0 spiro atoms. The number of nitrogens with zero attached hydrogens (tertiary/aromatic N) is 3. The third kappa shape index (κ3) is 4.26. The quantitative estimate of drug-likeness (QED) is 0.671. The van der Waals surface area contributed by atoms with Gasteiger partial charge in [0.15, 0.2) is 5.65 Å². The van der Waals surface area contributed by atoms with Gasteiger partial charge in [-0.25, -0.2) is 4.98 Å². The zero-order valence-corrected chi connectivity index (χ0v) is 18.1. The Labute approximate surface area is 182 Å². The van der Waals surface area contributed by atoms with Gasteiger partial charge in [-0.2, -0.15) is 4.98 Å². The van der Waals surface area contributed by atoms with E-state index in [-0.39, 0.29) is 5.91 Å². The molecule has 6 heteroatoms. The zero-order valence-electron chi connectivity index (χ0n) is 18.1. The summed E-state index contributed by atoms with van der Waals surface area (Å²) >= 11 is 0. The number of aryl methyl sites for hydroxylation is 1. The molecule has 1 N–H and O–H groups in total. The number of carbonyl (C=O) groups is 1. The Morgan fingerprint density at radius 2 is 1.87 bits per heavy atom. The molecule has 0 unspecified atom stereocenters. The van der Waals surface area contributed by atoms with E-state index in [0.29, 0.717) is 17.3 Å². The summed E-state index contributed by atoms with van der Waals surface area (Å²) in [6.45, 7) is 5.74. The van der Waals surface area contributed by atoms with Crippen LogP contribution in [-0.4, -0.2) is 39.9 Å². The van der Waals surface area contributed by atoms with Gasteiger partial charge in [0.1, 0.15) is 11.6 Å². The highest BCUT2D eigenvalue weighted by Crippen LogP contribution is 2.31. The monoisotopic (exact) mass is 416 g/mol. The van der Waals surface area contributed by atoms with E-state index in [1.165, 1.54) is 37.3 Å². The lowest BCUT2D eigenvalue weighted by Crippen LogP contribution is -2.41. The molecule has 3 aromatic rings. The fourth-order valence-electron chi connectivity index (χ4n) is 4.50. The molecule has 1 amide bonds. The molecule has 1 saturated carbocycles. The van der Waals surface area contributed by atoms with E-state index < -0.39 is 0 Å². The van der Waals surface area contributed by atoms with Gasteiger partial charge in [-0.05, 0) is 74.1 Å². The van der Waals surface area contributed by atoms with Crippen LogP contribution in [0.2, 0.25) is 0 Å². The fraction of sp³-hybridized carbons (Fsp3) is 0.400. The van der Waals surface area contributed by atoms with Crippen LogP contribution in [0.5, 0.6) is 11.6 Å². The first-order valence-electron chi connectivity index (χ1n) is 11.1. The standard InChI is InChI=1S/C25H28N4O2/c1-16-14-20-7-9-23(26-17(2)30)27-24(20)28-25(16)31-22-8-6-18-10-12-29(21-4-3-5-21)13-11-19(18)15-22/h6-9,14-15,21H,3-5,10-13H2,1-2H3,(H,26,27,28,30). The Balaban J connectivity index is 1.37. The summed E-state index contributed by atoms with van der Waals surface area (Å²) in [7, 11) is 0. The van der Waals surface area contributed by atoms with Gasteiger partial charge in [-0.1, -0.05) is 12.5 Å². The van der Waals surface area contributed by atoms with Crippen molar-refractivity contribution in [3.63, 3.8) is 0 Å². The lowest BCUT2D eigenvalue weighted by Gasteiger charge is -2.36. The number of ether oxygens (including phenoxy) is 1. The van der Waals surface area contributed by atoms with Crippen molar-refractivity contribution >= 4 is 22.8 Å². The van der Waals surface area contributed by atoms with Crippen LogP contribution in [0.15, 0.2) is 36.4 Å². The maximum Gasteiger partial charge on any atom is 0.224 e. The van der Waals surface area contributed by atoms with Crippen LogP contribution < -0.4 is 10.1 Å². The average Bonchev–Trinajstić information content (AvgIpc) is 2.90. The van der Waals surface area contributed by atoms with Gasteiger partial charge in [0.05, 0.1) is 0 Å². The van der Waals surface area contributed by atoms with E-state index in [1.54, 1.807) is 6.07 Å². The van der Waals surface area contributed by atoms with Crippen molar-refractivity contribution in [1.29, 1.82) is 0 Å². The molecule has 1 aliphatic carbocycles. The predicted molar refractivity (Wildman–Crippen MR) is 122 cm³/mol. The van der Waals surface area contributed by atoms with Crippen molar-refractivity contribution < 1.29 is 9.53 Å². The van der Waals surface area contributed by atoms with Crippen LogP contribution >= 0.6 is 0 Å². The first-order valence-corrected chi connectivity index (χ1v) is 11.1. The van der Waals surface area contributed by atoms with Crippen LogP contribution in [-0.2, 0) is 17.6 Å². The van der Waals surface area contributed by atoms with Crippen LogP contribution in [0, 0.1) is 6.92 Å². The predicted octanol–water partition coefficient (Wildman–Crippen LogP) is 4.64. The van der Waals surface area contributed by atoms with Crippen LogP contribution in [0.1, 0.15) is 42.9 Å². The number of aromatic nitrogens is 2. The minimum Gasteiger partial charge on any atom is -0.439 e. The molecule has 0 atom stereocenters. The van der Waals surface area contributed by atoms with Gasteiger partial charge in [0, 0.05) is 37.0 Å². The van der Waals surface area contributed by atoms with Gasteiger partial charge in [0.25, 0.3) is 0 Å². The van der Waals surface area contributed by atoms with Crippen molar-refractivity contribution in [3.05, 3.63) is 53.1 Å². The average molecular weight is 417 g/mol. The number of rotatable bonds is 4. The number of pyridine rings is 2. The minimum atomic E-state index is -0.156. The van der Waals surface area contributed by atoms with Gasteiger partial charge < -0.3 is 10.1 Å². The Kier molecular flexibility index (Phi) is 5.32. The summed E-state index contributed by atoms with van der Waals surface area (Å²) in [5, 5.41) is 3.62. The zero-order chi connectivity index (χ0) is 21.4. The molecule has 1 aliphatic heterocycles. The summed E-state index contributed by atoms with van der Waals surface area (Å²) in [6.07, 6.45) is 6.26. The second kappa shape index (κ2) is 8.27. The minimum absolute atomic E-state index is 0.156. The molecule has 0 radical (unpaired) electrons. The molecule has 0 saturated heterocycles. The summed E-state index contributed by atoms with van der Waals surface area (Å²) < 4.78 is 6.20. The lowest BCUT2D eigenvalue weighted by atomic mass is 9.91. The molecule has 0 bridgehead atoms. The fourth-order valence-corrected chi connectivity index (χ4v) is 4.50. The van der Waals surface area contributed by atoms with E-state index in [2.05, 4.69) is 32.3 Å². The highest BCUT2D eigenvalue weighted by atomic mass is 16.5. The van der Waals surface area contributed by atoms with Crippen LogP contribution in [0.25, 0.3) is 11.0 Å². The number of amides is 1. The molecule has 5 rings (SSSR count). The Bertz CT molecular complexity index is 1140. The topological polar surface area (TPSA) is 67.3 Å². The van der Waals surface area contributed by atoms with Gasteiger partial charge in [-0.3, -0.25) is 9.69 Å². The van der Waals surface area contributed by atoms with Crippen molar-refractivity contribution in [1.82, 2.24) is 14.9 Å². The van der Waals surface area contributed by atoms with Crippen LogP contribution in [0.3, 0.4) is 0 Å². The number of carbonyl (C=O) groups excluding carboxylic acids is 1. The third-order valence-electron chi connectivity index (χ3n) is 6.45. The largest absolute Gasteiger partial charge is 0.439 e. The van der Waals surface area contributed by atoms with Crippen molar-refractivity contribution in [3.8, 4) is 11.6 Å². The third-order valence-corrected chi connectivity index (χ3v) is 6.45. The second-order valence-electron chi connectivity index (χ2n) is 8.69. The smallest absolute Gasteiger partial charge is 0.224 e. The van der Waals surface area contributed by atoms with E-state index in [0.717, 1.165) is 48.7 Å². The summed E-state index contributed by atoms with van der Waals surface area (Å²) in [6, 6.07) is 12.9. The molecular formula is C25H28N4O2. The van der Waals surface area contributed by atoms with E-state index in [9.17, 15) is 4.79 Å². The molecule has 1 fully saturated rings. The molecule has 31 heavy (non-hydrogen) atoms. The number of benzene rings is 1. The highest BCUT2D eigenvalue weighted by Gasteiger charge is 2.26. The Morgan fingerprint density at radius 3 is 2.61 bits per heavy atom. The molecular weight excluding hydrogens is 388 g/mol. The normalized spacial score (nSPS) is 17.0. The molecule has 2 aromatic heterocycles. The highest BCUT2D eigenvalue weighted by molar-refractivity contribution is 5.89. The molecule has 160 valence electrons. The molecule has 3 heterocycles. The maximum atomic E-state index is 11.3. The number of fused-ring (bicyclic) bond motifs is 2. The van der Waals surface area contributed by atoms with Crippen molar-refractivity contribution in [2.24, 2.45) is 0 Å². The number of nitrogens with one attached hydrogen (secondary N) is 1. The van der Waals surface area contributed by atoms with Gasteiger partial charge in [-0.15, -0.1) is 0 Å². The maximum absolute atomic E-state index is 11.3. The summed E-state index contributed by atoms with van der Waals surface area (Å²) in [5.41, 5.74) is 4.31. The SMILES string of the molecule is CC(=O)Nc1ccc2cc(C)c(Oc3ccc4c(c3)CCN(C3CCC3)CC4)nc2n1. The van der Waals surface area contributed by atoms with Crippen molar-refractivity contribution in [2.75, 3.05) is 18.4 Å². The number of hydrogen-bond acceptors (Lipinski definition) is 5. The molecule has 2 aliphatic rings. The van der Waals surface area contributed by atoms with Crippen LogP contribution in [0.4, 0.5) is 5.82 Å². The molecule has 1 aromatic carbocycles. The first-order chi connectivity index (χ1) is 15.0. The number of hydrogen-bond donors (Lipinski definition) is 1. The summed E-state index contributed by atoms with van der Waals surface area (Å²) in [4.78, 5) is 23.1. The Morgan fingerprint density at radius 1 is 1.06 bits per heavy atom. The first kappa shape index (κ1) is 19.9. The lowest BCUT2D eigenvalue weighted by molar-refractivity contribution is -0.114. The second-order valence-corrected chi connectivity index (χ2v) is 8.69. The van der Waals surface area contributed by atoms with E-state index in [4.69, 9.17) is 4.74 Å². The Hall–Kier alpha value is -2.99. The van der Waals surface area contributed by atoms with Gasteiger partial charge in [0.2, 0.25) is 11.8 Å². The number of anilines is 1. The van der Waals surface area contributed by atoms with E-state index >= 15 is 0 Å². The van der Waals surface area contributed by atoms with Gasteiger partial charge >= 0.3 is 0 Å². The van der Waals surface area contributed by atoms with Crippen molar-refractivity contribution in [2.45, 2.75) is 52.0 Å². The summed E-state index contributed by atoms with van der Waals surface area (Å²) in [5.74, 6) is 1.69. The van der Waals surface area contributed by atoms with E-state index in [1.807, 2.05) is 25.1 Å². The molecule has 6 nitrogen and oxygen atoms in total.